The van der Waals surface area contributed by atoms with Crippen LogP contribution in [-0.4, -0.2) is 35.0 Å². The van der Waals surface area contributed by atoms with Crippen molar-refractivity contribution in [2.75, 3.05) is 11.9 Å². The van der Waals surface area contributed by atoms with E-state index in [9.17, 15) is 14.4 Å². The van der Waals surface area contributed by atoms with E-state index in [0.717, 1.165) is 11.3 Å². The molecular weight excluding hydrogens is 559 g/mol. The van der Waals surface area contributed by atoms with Crippen molar-refractivity contribution >= 4 is 68.3 Å². The van der Waals surface area contributed by atoms with Crippen molar-refractivity contribution in [2.24, 2.45) is 0 Å². The van der Waals surface area contributed by atoms with Gasteiger partial charge in [-0.05, 0) is 70.5 Å². The average molecular weight is 586 g/mol. The van der Waals surface area contributed by atoms with E-state index in [1.807, 2.05) is 6.07 Å². The number of hydrogen-bond acceptors (Lipinski definition) is 7. The molecule has 0 aliphatic heterocycles. The van der Waals surface area contributed by atoms with Crippen LogP contribution in [0.5, 0.6) is 0 Å². The normalized spacial score (nSPS) is 11.4. The number of amides is 1. The first kappa shape index (κ1) is 28.5. The van der Waals surface area contributed by atoms with E-state index in [2.05, 4.69) is 5.32 Å². The summed E-state index contributed by atoms with van der Waals surface area (Å²) < 4.78 is 10.8. The van der Waals surface area contributed by atoms with Crippen molar-refractivity contribution in [3.8, 4) is 11.3 Å². The molecule has 0 spiro atoms. The van der Waals surface area contributed by atoms with E-state index in [1.165, 1.54) is 0 Å². The second-order valence-electron chi connectivity index (χ2n) is 9.63. The predicted molar refractivity (Wildman–Crippen MR) is 155 cm³/mol. The van der Waals surface area contributed by atoms with Gasteiger partial charge in [0, 0.05) is 16.0 Å². The minimum Gasteiger partial charge on any atom is -0.462 e. The number of para-hydroxylation sites is 1. The molecule has 0 radical (unpaired) electrons. The zero-order chi connectivity index (χ0) is 28.5. The summed E-state index contributed by atoms with van der Waals surface area (Å²) in [4.78, 5) is 44.4. The van der Waals surface area contributed by atoms with E-state index in [-0.39, 0.29) is 22.0 Å². The Bertz CT molecular complexity index is 1610. The summed E-state index contributed by atoms with van der Waals surface area (Å²) >= 11 is 13.5. The number of anilines is 1. The van der Waals surface area contributed by atoms with Gasteiger partial charge in [0.25, 0.3) is 5.91 Å². The van der Waals surface area contributed by atoms with Gasteiger partial charge in [-0.1, -0.05) is 41.4 Å². The molecule has 0 aliphatic carbocycles. The van der Waals surface area contributed by atoms with Crippen LogP contribution < -0.4 is 5.32 Å². The third-order valence-corrected chi connectivity index (χ3v) is 7.34. The molecule has 1 amide bonds. The third-order valence-electron chi connectivity index (χ3n) is 5.61. The highest BCUT2D eigenvalue weighted by Crippen LogP contribution is 2.36. The lowest BCUT2D eigenvalue weighted by atomic mass is 10.0. The SMILES string of the molecule is CCOC(=O)c1c(NC(=O)c2cc(-c3ccc(Cl)cc3Cl)nc3ccccc23)sc(C(=O)OC(C)(C)C)c1C. The number of carbonyl (C=O) groups excluding carboxylic acids is 3. The Labute approximate surface area is 240 Å². The third kappa shape index (κ3) is 6.24. The Morgan fingerprint density at radius 3 is 2.41 bits per heavy atom. The minimum atomic E-state index is -0.740. The number of aromatic nitrogens is 1. The predicted octanol–water partition coefficient (Wildman–Crippen LogP) is 7.96. The molecule has 0 unspecified atom stereocenters. The summed E-state index contributed by atoms with van der Waals surface area (Å²) in [5.41, 5.74) is 1.70. The number of nitrogens with one attached hydrogen (secondary N) is 1. The Hall–Kier alpha value is -3.46. The van der Waals surface area contributed by atoms with Gasteiger partial charge >= 0.3 is 11.9 Å². The van der Waals surface area contributed by atoms with E-state index >= 15 is 0 Å². The summed E-state index contributed by atoms with van der Waals surface area (Å²) in [5, 5.41) is 4.47. The van der Waals surface area contributed by atoms with Crippen LogP contribution in [0.1, 0.15) is 63.6 Å². The molecule has 0 fully saturated rings. The highest BCUT2D eigenvalue weighted by molar-refractivity contribution is 7.18. The van der Waals surface area contributed by atoms with Crippen LogP contribution >= 0.6 is 34.5 Å². The van der Waals surface area contributed by atoms with Gasteiger partial charge in [-0.25, -0.2) is 14.6 Å². The molecule has 39 heavy (non-hydrogen) atoms. The summed E-state index contributed by atoms with van der Waals surface area (Å²) in [6.45, 7) is 8.69. The number of thiophene rings is 1. The van der Waals surface area contributed by atoms with Gasteiger partial charge in [0.2, 0.25) is 0 Å². The van der Waals surface area contributed by atoms with E-state index in [4.69, 9.17) is 37.7 Å². The molecule has 202 valence electrons. The van der Waals surface area contributed by atoms with Crippen molar-refractivity contribution < 1.29 is 23.9 Å². The number of halogens is 2. The van der Waals surface area contributed by atoms with Crippen molar-refractivity contribution in [2.45, 2.75) is 40.2 Å². The molecule has 10 heteroatoms. The van der Waals surface area contributed by atoms with E-state index < -0.39 is 23.4 Å². The van der Waals surface area contributed by atoms with Crippen molar-refractivity contribution in [3.63, 3.8) is 0 Å². The lowest BCUT2D eigenvalue weighted by Gasteiger charge is -2.19. The average Bonchev–Trinajstić information content (AvgIpc) is 3.18. The maximum Gasteiger partial charge on any atom is 0.349 e. The smallest absolute Gasteiger partial charge is 0.349 e. The van der Waals surface area contributed by atoms with Gasteiger partial charge in [-0.2, -0.15) is 0 Å². The van der Waals surface area contributed by atoms with Crippen molar-refractivity contribution in [3.05, 3.63) is 80.1 Å². The molecule has 0 saturated heterocycles. The first-order valence-corrected chi connectivity index (χ1v) is 13.7. The van der Waals surface area contributed by atoms with E-state index in [1.54, 1.807) is 77.1 Å². The first-order valence-electron chi connectivity index (χ1n) is 12.1. The summed E-state index contributed by atoms with van der Waals surface area (Å²) in [5.74, 6) is -1.74. The van der Waals surface area contributed by atoms with Crippen molar-refractivity contribution in [1.82, 2.24) is 4.98 Å². The van der Waals surface area contributed by atoms with Gasteiger partial charge in [0.1, 0.15) is 15.5 Å². The van der Waals surface area contributed by atoms with Crippen LogP contribution in [0.15, 0.2) is 48.5 Å². The molecule has 1 N–H and O–H groups in total. The number of carbonyl (C=O) groups is 3. The Kier molecular flexibility index (Phi) is 8.30. The van der Waals surface area contributed by atoms with Gasteiger partial charge in [-0.15, -0.1) is 11.3 Å². The Morgan fingerprint density at radius 1 is 1.03 bits per heavy atom. The van der Waals surface area contributed by atoms with Gasteiger partial charge in [0.05, 0.1) is 34.0 Å². The summed E-state index contributed by atoms with van der Waals surface area (Å²) in [6.07, 6.45) is 0. The molecule has 4 aromatic rings. The molecule has 2 aromatic heterocycles. The van der Waals surface area contributed by atoms with Crippen LogP contribution in [0.25, 0.3) is 22.2 Å². The number of benzene rings is 2. The van der Waals surface area contributed by atoms with Crippen LogP contribution in [0.3, 0.4) is 0 Å². The summed E-state index contributed by atoms with van der Waals surface area (Å²) in [7, 11) is 0. The highest BCUT2D eigenvalue weighted by Gasteiger charge is 2.30. The monoisotopic (exact) mass is 584 g/mol. The number of pyridine rings is 1. The lowest BCUT2D eigenvalue weighted by molar-refractivity contribution is 0.00744. The van der Waals surface area contributed by atoms with Gasteiger partial charge < -0.3 is 14.8 Å². The minimum absolute atomic E-state index is 0.107. The Balaban J connectivity index is 1.81. The van der Waals surface area contributed by atoms with Crippen LogP contribution in [-0.2, 0) is 9.47 Å². The lowest BCUT2D eigenvalue weighted by Crippen LogP contribution is -2.23. The maximum absolute atomic E-state index is 13.7. The molecule has 0 saturated carbocycles. The fourth-order valence-corrected chi connectivity index (χ4v) is 5.51. The number of hydrogen-bond donors (Lipinski definition) is 1. The zero-order valence-corrected chi connectivity index (χ0v) is 24.3. The molecular formula is C29H26Cl2N2O5S. The molecule has 0 atom stereocenters. The molecule has 4 rings (SSSR count). The Morgan fingerprint density at radius 2 is 1.74 bits per heavy atom. The fourth-order valence-electron chi connectivity index (χ4n) is 3.94. The number of fused-ring (bicyclic) bond motifs is 1. The first-order chi connectivity index (χ1) is 18.4. The van der Waals surface area contributed by atoms with Crippen LogP contribution in [0.4, 0.5) is 5.00 Å². The topological polar surface area (TPSA) is 94.6 Å². The maximum atomic E-state index is 13.7. The van der Waals surface area contributed by atoms with Gasteiger partial charge in [0.15, 0.2) is 0 Å². The molecule has 0 aliphatic rings. The number of nitrogens with zero attached hydrogens (tertiary/aromatic N) is 1. The summed E-state index contributed by atoms with van der Waals surface area (Å²) in [6, 6.07) is 13.9. The van der Waals surface area contributed by atoms with E-state index in [0.29, 0.717) is 43.3 Å². The molecule has 2 heterocycles. The highest BCUT2D eigenvalue weighted by atomic mass is 35.5. The largest absolute Gasteiger partial charge is 0.462 e. The van der Waals surface area contributed by atoms with Crippen LogP contribution in [0, 0.1) is 6.92 Å². The number of rotatable bonds is 6. The molecule has 7 nitrogen and oxygen atoms in total. The second-order valence-corrected chi connectivity index (χ2v) is 11.5. The zero-order valence-electron chi connectivity index (χ0n) is 22.0. The van der Waals surface area contributed by atoms with Crippen LogP contribution in [0.2, 0.25) is 10.0 Å². The second kappa shape index (κ2) is 11.3. The number of esters is 2. The number of ether oxygens (including phenoxy) is 2. The molecule has 2 aromatic carbocycles. The standard InChI is InChI=1S/C29H26Cl2N2O5S/c1-6-37-27(35)23-15(2)24(28(36)38-29(3,4)5)39-26(23)33-25(34)19-14-22(18-12-11-16(30)13-20(18)31)32-21-10-8-7-9-17(19)21/h7-14H,6H2,1-5H3,(H,33,34). The van der Waals surface area contributed by atoms with Gasteiger partial charge in [-0.3, -0.25) is 4.79 Å². The fraction of sp³-hybridized carbons (Fsp3) is 0.241. The van der Waals surface area contributed by atoms with Crippen molar-refractivity contribution in [1.29, 1.82) is 0 Å². The quantitative estimate of drug-likeness (QED) is 0.231. The molecule has 0 bridgehead atoms.